The molecule has 0 bridgehead atoms. The van der Waals surface area contributed by atoms with Gasteiger partial charge in [0, 0.05) is 5.56 Å². The van der Waals surface area contributed by atoms with Crippen molar-refractivity contribution in [2.24, 2.45) is 5.16 Å². The van der Waals surface area contributed by atoms with Crippen LogP contribution in [0.15, 0.2) is 53.7 Å². The molecule has 0 saturated carbocycles. The predicted molar refractivity (Wildman–Crippen MR) is 84.3 cm³/mol. The Morgan fingerprint density at radius 1 is 1.05 bits per heavy atom. The summed E-state index contributed by atoms with van der Waals surface area (Å²) in [7, 11) is 1.53. The summed E-state index contributed by atoms with van der Waals surface area (Å²) in [6.07, 6.45) is 2.79. The number of rotatable bonds is 3. The minimum atomic E-state index is -0.364. The molecule has 0 aliphatic heterocycles. The molecule has 0 unspecified atom stereocenters. The summed E-state index contributed by atoms with van der Waals surface area (Å²) in [5.74, 6) is 0.179. The third kappa shape index (κ3) is 2.86. The lowest BCUT2D eigenvalue weighted by atomic mass is 9.89. The molecular formula is C18H17NO3. The predicted octanol–water partition coefficient (Wildman–Crippen LogP) is 3.59. The van der Waals surface area contributed by atoms with E-state index in [4.69, 9.17) is 9.57 Å². The summed E-state index contributed by atoms with van der Waals surface area (Å²) in [4.78, 5) is 17.2. The van der Waals surface area contributed by atoms with Gasteiger partial charge in [-0.05, 0) is 43.0 Å². The molecule has 0 spiro atoms. The van der Waals surface area contributed by atoms with E-state index in [2.05, 4.69) is 5.16 Å². The lowest BCUT2D eigenvalue weighted by molar-refractivity contribution is 0.0734. The summed E-state index contributed by atoms with van der Waals surface area (Å²) >= 11 is 0. The van der Waals surface area contributed by atoms with Crippen LogP contribution in [0.5, 0.6) is 5.75 Å². The summed E-state index contributed by atoms with van der Waals surface area (Å²) in [5, 5.41) is 4.09. The van der Waals surface area contributed by atoms with Gasteiger partial charge in [-0.2, -0.15) is 0 Å². The number of hydrogen-bond acceptors (Lipinski definition) is 4. The van der Waals surface area contributed by atoms with Gasteiger partial charge in [0.15, 0.2) is 0 Å². The van der Waals surface area contributed by atoms with E-state index in [1.807, 2.05) is 30.3 Å². The topological polar surface area (TPSA) is 47.9 Å². The van der Waals surface area contributed by atoms with Gasteiger partial charge in [-0.25, -0.2) is 4.79 Å². The zero-order chi connectivity index (χ0) is 15.4. The molecule has 0 radical (unpaired) electrons. The Bertz CT molecular complexity index is 708. The average molecular weight is 295 g/mol. The smallest absolute Gasteiger partial charge is 0.343 e. The lowest BCUT2D eigenvalue weighted by Gasteiger charge is -2.20. The summed E-state index contributed by atoms with van der Waals surface area (Å²) in [6.45, 7) is 0. The first kappa shape index (κ1) is 14.3. The first-order valence-electron chi connectivity index (χ1n) is 7.29. The van der Waals surface area contributed by atoms with Crippen molar-refractivity contribution < 1.29 is 14.4 Å². The van der Waals surface area contributed by atoms with Gasteiger partial charge in [0.05, 0.1) is 11.3 Å². The Morgan fingerprint density at radius 2 is 1.86 bits per heavy atom. The fourth-order valence-electron chi connectivity index (χ4n) is 2.70. The number of aryl methyl sites for hydroxylation is 1. The van der Waals surface area contributed by atoms with E-state index in [1.54, 1.807) is 18.2 Å². The highest BCUT2D eigenvalue weighted by Crippen LogP contribution is 2.30. The van der Waals surface area contributed by atoms with E-state index in [1.165, 1.54) is 7.11 Å². The number of fused-ring (bicyclic) bond motifs is 1. The molecule has 0 aromatic heterocycles. The fourth-order valence-corrected chi connectivity index (χ4v) is 2.70. The number of esters is 1. The van der Waals surface area contributed by atoms with Crippen LogP contribution in [0.1, 0.15) is 34.3 Å². The van der Waals surface area contributed by atoms with Gasteiger partial charge in [0.2, 0.25) is 0 Å². The van der Waals surface area contributed by atoms with Crippen molar-refractivity contribution in [2.75, 3.05) is 7.11 Å². The molecule has 4 nitrogen and oxygen atoms in total. The number of nitrogens with zero attached hydrogens (tertiary/aromatic N) is 1. The second-order valence-electron chi connectivity index (χ2n) is 5.12. The van der Waals surface area contributed by atoms with Gasteiger partial charge in [-0.3, -0.25) is 0 Å². The maximum atomic E-state index is 12.3. The van der Waals surface area contributed by atoms with Crippen molar-refractivity contribution >= 4 is 11.7 Å². The summed E-state index contributed by atoms with van der Waals surface area (Å²) in [6, 6.07) is 14.7. The third-order valence-electron chi connectivity index (χ3n) is 3.67. The Morgan fingerprint density at radius 3 is 2.64 bits per heavy atom. The Kier molecular flexibility index (Phi) is 4.19. The third-order valence-corrected chi connectivity index (χ3v) is 3.67. The van der Waals surface area contributed by atoms with Gasteiger partial charge in [0.1, 0.15) is 12.9 Å². The zero-order valence-electron chi connectivity index (χ0n) is 12.4. The van der Waals surface area contributed by atoms with Crippen LogP contribution in [-0.4, -0.2) is 18.8 Å². The van der Waals surface area contributed by atoms with E-state index in [9.17, 15) is 4.79 Å². The van der Waals surface area contributed by atoms with Crippen LogP contribution in [0.3, 0.4) is 0 Å². The molecule has 0 atom stereocenters. The maximum Gasteiger partial charge on any atom is 0.343 e. The molecule has 1 aliphatic carbocycles. The maximum absolute atomic E-state index is 12.3. The lowest BCUT2D eigenvalue weighted by Crippen LogP contribution is -2.17. The molecule has 1 aliphatic rings. The Balaban J connectivity index is 1.95. The first-order chi connectivity index (χ1) is 10.8. The zero-order valence-corrected chi connectivity index (χ0v) is 12.4. The van der Waals surface area contributed by atoms with Crippen molar-refractivity contribution in [3.8, 4) is 5.75 Å². The minimum Gasteiger partial charge on any atom is -0.422 e. The molecule has 0 saturated heterocycles. The fraction of sp³-hybridized carbons (Fsp3) is 0.222. The van der Waals surface area contributed by atoms with Gasteiger partial charge >= 0.3 is 5.97 Å². The molecule has 3 rings (SSSR count). The number of carbonyl (C=O) groups excluding carboxylic acids is 1. The quantitative estimate of drug-likeness (QED) is 0.494. The summed E-state index contributed by atoms with van der Waals surface area (Å²) < 4.78 is 5.60. The molecule has 2 aromatic carbocycles. The highest BCUT2D eigenvalue weighted by atomic mass is 16.6. The number of oxime groups is 1. The SMILES string of the molecule is CO/N=C1\CCCc2cccc(OC(=O)c3ccccc3)c21. The second-order valence-corrected chi connectivity index (χ2v) is 5.12. The monoisotopic (exact) mass is 295 g/mol. The van der Waals surface area contributed by atoms with Crippen LogP contribution < -0.4 is 4.74 Å². The van der Waals surface area contributed by atoms with Gasteiger partial charge < -0.3 is 9.57 Å². The molecule has 112 valence electrons. The number of hydrogen-bond donors (Lipinski definition) is 0. The number of carbonyl (C=O) groups is 1. The molecule has 0 heterocycles. The van der Waals surface area contributed by atoms with E-state index >= 15 is 0 Å². The van der Waals surface area contributed by atoms with E-state index in [0.29, 0.717) is 11.3 Å². The van der Waals surface area contributed by atoms with Crippen molar-refractivity contribution in [3.05, 3.63) is 65.2 Å². The summed E-state index contributed by atoms with van der Waals surface area (Å²) in [5.41, 5.74) is 3.39. The van der Waals surface area contributed by atoms with E-state index < -0.39 is 0 Å². The number of ether oxygens (including phenoxy) is 1. The molecular weight excluding hydrogens is 278 g/mol. The second kappa shape index (κ2) is 6.43. The Hall–Kier alpha value is -2.62. The highest BCUT2D eigenvalue weighted by molar-refractivity contribution is 6.05. The van der Waals surface area contributed by atoms with E-state index in [0.717, 1.165) is 36.1 Å². The normalized spacial score (nSPS) is 15.2. The van der Waals surface area contributed by atoms with Crippen LogP contribution in [0.2, 0.25) is 0 Å². The van der Waals surface area contributed by atoms with Crippen molar-refractivity contribution in [3.63, 3.8) is 0 Å². The van der Waals surface area contributed by atoms with Crippen LogP contribution in [0, 0.1) is 0 Å². The van der Waals surface area contributed by atoms with Gasteiger partial charge in [-0.1, -0.05) is 35.5 Å². The molecule has 0 amide bonds. The van der Waals surface area contributed by atoms with E-state index in [-0.39, 0.29) is 5.97 Å². The van der Waals surface area contributed by atoms with Crippen molar-refractivity contribution in [1.29, 1.82) is 0 Å². The van der Waals surface area contributed by atoms with Crippen LogP contribution >= 0.6 is 0 Å². The van der Waals surface area contributed by atoms with Gasteiger partial charge in [-0.15, -0.1) is 0 Å². The highest BCUT2D eigenvalue weighted by Gasteiger charge is 2.22. The van der Waals surface area contributed by atoms with Gasteiger partial charge in [0.25, 0.3) is 0 Å². The molecule has 0 N–H and O–H groups in total. The van der Waals surface area contributed by atoms with Crippen LogP contribution in [0.25, 0.3) is 0 Å². The van der Waals surface area contributed by atoms with Crippen LogP contribution in [-0.2, 0) is 11.3 Å². The van der Waals surface area contributed by atoms with Crippen LogP contribution in [0.4, 0.5) is 0 Å². The molecule has 4 heteroatoms. The average Bonchev–Trinajstić information content (AvgIpc) is 2.56. The Labute approximate surface area is 129 Å². The minimum absolute atomic E-state index is 0.364. The molecule has 2 aromatic rings. The largest absolute Gasteiger partial charge is 0.422 e. The van der Waals surface area contributed by atoms with Crippen molar-refractivity contribution in [2.45, 2.75) is 19.3 Å². The molecule has 0 fully saturated rings. The number of benzene rings is 2. The molecule has 22 heavy (non-hydrogen) atoms. The first-order valence-corrected chi connectivity index (χ1v) is 7.29. The standard InChI is InChI=1S/C18H17NO3/c1-21-19-15-11-5-9-13-10-6-12-16(17(13)15)22-18(20)14-7-3-2-4-8-14/h2-4,6-8,10,12H,5,9,11H2,1H3/b19-15+. The van der Waals surface area contributed by atoms with Crippen molar-refractivity contribution in [1.82, 2.24) is 0 Å².